The summed E-state index contributed by atoms with van der Waals surface area (Å²) in [6.07, 6.45) is 1.86. The molecule has 164 valence electrons. The molecule has 1 fully saturated rings. The van der Waals surface area contributed by atoms with E-state index >= 15 is 0 Å². The SMILES string of the molecule is COc1ccc(-c2[nH]ncc2CNc2ccccc2OCCN2CCN(C)CC2)cc1. The van der Waals surface area contributed by atoms with Crippen molar-refractivity contribution in [1.82, 2.24) is 20.0 Å². The maximum absolute atomic E-state index is 6.12. The Balaban J connectivity index is 1.35. The Morgan fingerprint density at radius 2 is 1.81 bits per heavy atom. The number of para-hydroxylation sites is 2. The third-order valence-corrected chi connectivity index (χ3v) is 5.71. The molecule has 2 aromatic carbocycles. The van der Waals surface area contributed by atoms with E-state index in [4.69, 9.17) is 9.47 Å². The average molecular weight is 422 g/mol. The normalized spacial score (nSPS) is 15.0. The number of aromatic nitrogens is 2. The predicted octanol–water partition coefficient (Wildman–Crippen LogP) is 3.32. The first-order valence-corrected chi connectivity index (χ1v) is 10.8. The van der Waals surface area contributed by atoms with E-state index in [1.807, 2.05) is 48.7 Å². The lowest BCUT2D eigenvalue weighted by molar-refractivity contribution is 0.134. The molecule has 2 N–H and O–H groups in total. The highest BCUT2D eigenvalue weighted by Crippen LogP contribution is 2.27. The zero-order chi connectivity index (χ0) is 21.5. The fourth-order valence-corrected chi connectivity index (χ4v) is 3.74. The molecule has 3 aromatic rings. The Morgan fingerprint density at radius 1 is 1.03 bits per heavy atom. The summed E-state index contributed by atoms with van der Waals surface area (Å²) in [4.78, 5) is 4.83. The van der Waals surface area contributed by atoms with Crippen LogP contribution in [0.2, 0.25) is 0 Å². The Kier molecular flexibility index (Phi) is 7.07. The first-order valence-electron chi connectivity index (χ1n) is 10.8. The molecule has 0 bridgehead atoms. The zero-order valence-corrected chi connectivity index (χ0v) is 18.3. The molecule has 7 heteroatoms. The van der Waals surface area contributed by atoms with Crippen molar-refractivity contribution in [3.63, 3.8) is 0 Å². The van der Waals surface area contributed by atoms with Gasteiger partial charge in [-0.15, -0.1) is 0 Å². The number of likely N-dealkylation sites (N-methyl/N-ethyl adjacent to an activating group) is 1. The number of nitrogens with zero attached hydrogens (tertiary/aromatic N) is 3. The van der Waals surface area contributed by atoms with Crippen molar-refractivity contribution < 1.29 is 9.47 Å². The Labute approximate surface area is 184 Å². The Morgan fingerprint density at radius 3 is 2.58 bits per heavy atom. The molecular weight excluding hydrogens is 390 g/mol. The van der Waals surface area contributed by atoms with E-state index in [2.05, 4.69) is 38.4 Å². The number of hydrogen-bond acceptors (Lipinski definition) is 6. The topological polar surface area (TPSA) is 65.7 Å². The van der Waals surface area contributed by atoms with Gasteiger partial charge in [-0.25, -0.2) is 0 Å². The smallest absolute Gasteiger partial charge is 0.142 e. The van der Waals surface area contributed by atoms with Gasteiger partial charge in [-0.05, 0) is 43.4 Å². The van der Waals surface area contributed by atoms with Crippen LogP contribution in [0.4, 0.5) is 5.69 Å². The molecule has 7 nitrogen and oxygen atoms in total. The lowest BCUT2D eigenvalue weighted by Gasteiger charge is -2.32. The molecule has 0 atom stereocenters. The Bertz CT molecular complexity index is 949. The summed E-state index contributed by atoms with van der Waals surface area (Å²) in [5, 5.41) is 10.9. The van der Waals surface area contributed by atoms with Crippen LogP contribution in [-0.4, -0.2) is 73.5 Å². The van der Waals surface area contributed by atoms with Gasteiger partial charge in [-0.2, -0.15) is 5.10 Å². The highest BCUT2D eigenvalue weighted by molar-refractivity contribution is 5.64. The standard InChI is InChI=1S/C24H31N5O2/c1-28-11-13-29(14-12-28)15-16-31-23-6-4-3-5-22(23)25-17-20-18-26-27-24(20)19-7-9-21(30-2)10-8-19/h3-10,18,25H,11-17H2,1-2H3,(H,26,27). The summed E-state index contributed by atoms with van der Waals surface area (Å²) in [6.45, 7) is 6.74. The van der Waals surface area contributed by atoms with Crippen LogP contribution in [0.25, 0.3) is 11.3 Å². The number of rotatable bonds is 9. The summed E-state index contributed by atoms with van der Waals surface area (Å²) in [5.41, 5.74) is 4.16. The summed E-state index contributed by atoms with van der Waals surface area (Å²) >= 11 is 0. The first-order chi connectivity index (χ1) is 15.2. The molecule has 0 saturated carbocycles. The van der Waals surface area contributed by atoms with E-state index in [0.29, 0.717) is 13.2 Å². The van der Waals surface area contributed by atoms with Crippen molar-refractivity contribution in [2.75, 3.05) is 58.8 Å². The number of methoxy groups -OCH3 is 1. The molecule has 1 aliphatic heterocycles. The number of piperazine rings is 1. The molecule has 1 aliphatic rings. The summed E-state index contributed by atoms with van der Waals surface area (Å²) in [5.74, 6) is 1.72. The van der Waals surface area contributed by atoms with Crippen LogP contribution in [0.3, 0.4) is 0 Å². The molecular formula is C24H31N5O2. The van der Waals surface area contributed by atoms with Crippen LogP contribution < -0.4 is 14.8 Å². The van der Waals surface area contributed by atoms with E-state index in [1.165, 1.54) is 0 Å². The molecule has 0 unspecified atom stereocenters. The van der Waals surface area contributed by atoms with E-state index in [0.717, 1.165) is 66.7 Å². The van der Waals surface area contributed by atoms with Gasteiger partial charge in [-0.1, -0.05) is 12.1 Å². The fraction of sp³-hybridized carbons (Fsp3) is 0.375. The second-order valence-electron chi connectivity index (χ2n) is 7.84. The van der Waals surface area contributed by atoms with Gasteiger partial charge in [0, 0.05) is 50.4 Å². The van der Waals surface area contributed by atoms with Gasteiger partial charge >= 0.3 is 0 Å². The highest BCUT2D eigenvalue weighted by Gasteiger charge is 2.14. The number of H-pyrrole nitrogens is 1. The Hall–Kier alpha value is -3.03. The van der Waals surface area contributed by atoms with Crippen molar-refractivity contribution in [2.24, 2.45) is 0 Å². The third kappa shape index (κ3) is 5.57. The molecule has 2 heterocycles. The average Bonchev–Trinajstić information content (AvgIpc) is 3.28. The van der Waals surface area contributed by atoms with E-state index < -0.39 is 0 Å². The van der Waals surface area contributed by atoms with Crippen LogP contribution in [0.5, 0.6) is 11.5 Å². The van der Waals surface area contributed by atoms with Crippen molar-refractivity contribution in [3.05, 3.63) is 60.3 Å². The maximum Gasteiger partial charge on any atom is 0.142 e. The number of hydrogen-bond donors (Lipinski definition) is 2. The summed E-state index contributed by atoms with van der Waals surface area (Å²) in [6, 6.07) is 16.1. The quantitative estimate of drug-likeness (QED) is 0.553. The van der Waals surface area contributed by atoms with E-state index in [1.54, 1.807) is 7.11 Å². The van der Waals surface area contributed by atoms with Gasteiger partial charge in [0.15, 0.2) is 0 Å². The summed E-state index contributed by atoms with van der Waals surface area (Å²) in [7, 11) is 3.85. The molecule has 0 spiro atoms. The zero-order valence-electron chi connectivity index (χ0n) is 18.3. The van der Waals surface area contributed by atoms with Crippen LogP contribution in [0.1, 0.15) is 5.56 Å². The molecule has 0 amide bonds. The van der Waals surface area contributed by atoms with Gasteiger partial charge in [0.05, 0.1) is 24.7 Å². The van der Waals surface area contributed by atoms with Crippen molar-refractivity contribution in [2.45, 2.75) is 6.54 Å². The second-order valence-corrected chi connectivity index (χ2v) is 7.84. The monoisotopic (exact) mass is 421 g/mol. The molecule has 1 saturated heterocycles. The first kappa shape index (κ1) is 21.2. The van der Waals surface area contributed by atoms with Crippen molar-refractivity contribution in [3.8, 4) is 22.8 Å². The minimum absolute atomic E-state index is 0.649. The van der Waals surface area contributed by atoms with E-state index in [9.17, 15) is 0 Å². The minimum Gasteiger partial charge on any atom is -0.497 e. The number of ether oxygens (including phenoxy) is 2. The van der Waals surface area contributed by atoms with Gasteiger partial charge in [0.1, 0.15) is 18.1 Å². The van der Waals surface area contributed by atoms with Gasteiger partial charge < -0.3 is 19.7 Å². The largest absolute Gasteiger partial charge is 0.497 e. The summed E-state index contributed by atoms with van der Waals surface area (Å²) < 4.78 is 11.4. The highest BCUT2D eigenvalue weighted by atomic mass is 16.5. The second kappa shape index (κ2) is 10.3. The molecule has 4 rings (SSSR count). The van der Waals surface area contributed by atoms with Crippen LogP contribution in [0, 0.1) is 0 Å². The van der Waals surface area contributed by atoms with Crippen molar-refractivity contribution >= 4 is 5.69 Å². The van der Waals surface area contributed by atoms with Gasteiger partial charge in [0.2, 0.25) is 0 Å². The lowest BCUT2D eigenvalue weighted by Crippen LogP contribution is -2.45. The van der Waals surface area contributed by atoms with Crippen LogP contribution in [-0.2, 0) is 6.54 Å². The van der Waals surface area contributed by atoms with Crippen molar-refractivity contribution in [1.29, 1.82) is 0 Å². The molecule has 1 aromatic heterocycles. The minimum atomic E-state index is 0.649. The third-order valence-electron chi connectivity index (χ3n) is 5.71. The maximum atomic E-state index is 6.12. The molecule has 0 radical (unpaired) electrons. The van der Waals surface area contributed by atoms with E-state index in [-0.39, 0.29) is 0 Å². The van der Waals surface area contributed by atoms with Crippen LogP contribution in [0.15, 0.2) is 54.7 Å². The number of aromatic amines is 1. The molecule has 0 aliphatic carbocycles. The predicted molar refractivity (Wildman–Crippen MR) is 124 cm³/mol. The number of benzene rings is 2. The van der Waals surface area contributed by atoms with Crippen LogP contribution >= 0.6 is 0 Å². The molecule has 31 heavy (non-hydrogen) atoms. The number of anilines is 1. The lowest BCUT2D eigenvalue weighted by atomic mass is 10.1. The van der Waals surface area contributed by atoms with Gasteiger partial charge in [-0.3, -0.25) is 10.00 Å². The number of nitrogens with one attached hydrogen (secondary N) is 2. The van der Waals surface area contributed by atoms with Gasteiger partial charge in [0.25, 0.3) is 0 Å². The fourth-order valence-electron chi connectivity index (χ4n) is 3.74.